The van der Waals surface area contributed by atoms with Crippen molar-refractivity contribution < 1.29 is 0 Å². The Bertz CT molecular complexity index is 371. The fourth-order valence-electron chi connectivity index (χ4n) is 1.23. The molecule has 0 aliphatic carbocycles. The van der Waals surface area contributed by atoms with E-state index in [9.17, 15) is 0 Å². The third kappa shape index (κ3) is 3.30. The van der Waals surface area contributed by atoms with Gasteiger partial charge in [0.1, 0.15) is 0 Å². The van der Waals surface area contributed by atoms with E-state index in [1.54, 1.807) is 0 Å². The van der Waals surface area contributed by atoms with Gasteiger partial charge in [-0.2, -0.15) is 5.26 Å². The largest absolute Gasteiger partial charge is 0.374 e. The Hall–Kier alpha value is -0.910. The first-order valence-electron chi connectivity index (χ1n) is 4.61. The van der Waals surface area contributed by atoms with Crippen molar-refractivity contribution in [1.82, 2.24) is 0 Å². The standard InChI is InChI=1S/C11H12Cl2N2/c1-15(6-2-5-14)10-4-3-9(8-12)11(13)7-10/h3-4,7H,2,6,8H2,1H3. The Morgan fingerprint density at radius 3 is 2.73 bits per heavy atom. The summed E-state index contributed by atoms with van der Waals surface area (Å²) in [5.74, 6) is 0.418. The second-order valence-corrected chi connectivity index (χ2v) is 3.91. The van der Waals surface area contributed by atoms with Crippen molar-refractivity contribution in [2.24, 2.45) is 0 Å². The van der Waals surface area contributed by atoms with Crippen molar-refractivity contribution in [3.8, 4) is 6.07 Å². The maximum Gasteiger partial charge on any atom is 0.0640 e. The number of nitrogens with zero attached hydrogens (tertiary/aromatic N) is 2. The van der Waals surface area contributed by atoms with Crippen LogP contribution in [0.3, 0.4) is 0 Å². The van der Waals surface area contributed by atoms with Gasteiger partial charge in [-0.15, -0.1) is 11.6 Å². The number of hydrogen-bond acceptors (Lipinski definition) is 2. The summed E-state index contributed by atoms with van der Waals surface area (Å²) in [6.45, 7) is 0.701. The summed E-state index contributed by atoms with van der Waals surface area (Å²) in [4.78, 5) is 1.99. The Balaban J connectivity index is 2.79. The molecule has 1 aromatic carbocycles. The first kappa shape index (κ1) is 12.2. The van der Waals surface area contributed by atoms with Crippen LogP contribution in [-0.4, -0.2) is 13.6 Å². The molecule has 0 saturated carbocycles. The smallest absolute Gasteiger partial charge is 0.0640 e. The number of alkyl halides is 1. The molecule has 0 unspecified atom stereocenters. The summed E-state index contributed by atoms with van der Waals surface area (Å²) in [6, 6.07) is 7.85. The number of anilines is 1. The van der Waals surface area contributed by atoms with Gasteiger partial charge in [0.2, 0.25) is 0 Å². The van der Waals surface area contributed by atoms with Gasteiger partial charge in [0.15, 0.2) is 0 Å². The van der Waals surface area contributed by atoms with Crippen LogP contribution in [0, 0.1) is 11.3 Å². The first-order chi connectivity index (χ1) is 7.19. The molecule has 0 aromatic heterocycles. The lowest BCUT2D eigenvalue weighted by Gasteiger charge is -2.18. The highest BCUT2D eigenvalue weighted by Gasteiger charge is 2.04. The van der Waals surface area contributed by atoms with Crippen molar-refractivity contribution >= 4 is 28.9 Å². The summed E-state index contributed by atoms with van der Waals surface area (Å²) in [6.07, 6.45) is 0.505. The van der Waals surface area contributed by atoms with Crippen molar-refractivity contribution in [3.63, 3.8) is 0 Å². The highest BCUT2D eigenvalue weighted by Crippen LogP contribution is 2.24. The first-order valence-corrected chi connectivity index (χ1v) is 5.52. The van der Waals surface area contributed by atoms with Gasteiger partial charge in [-0.05, 0) is 17.7 Å². The van der Waals surface area contributed by atoms with Gasteiger partial charge in [0, 0.05) is 30.2 Å². The van der Waals surface area contributed by atoms with Crippen LogP contribution in [0.4, 0.5) is 5.69 Å². The lowest BCUT2D eigenvalue weighted by atomic mass is 10.2. The Kier molecular flexibility index (Phi) is 4.74. The molecule has 15 heavy (non-hydrogen) atoms. The van der Waals surface area contributed by atoms with E-state index >= 15 is 0 Å². The van der Waals surface area contributed by atoms with E-state index in [1.807, 2.05) is 30.1 Å². The van der Waals surface area contributed by atoms with Crippen LogP contribution in [0.5, 0.6) is 0 Å². The van der Waals surface area contributed by atoms with Crippen LogP contribution in [0.25, 0.3) is 0 Å². The maximum absolute atomic E-state index is 8.48. The molecular formula is C11H12Cl2N2. The number of nitriles is 1. The van der Waals surface area contributed by atoms with Gasteiger partial charge >= 0.3 is 0 Å². The Morgan fingerprint density at radius 2 is 2.20 bits per heavy atom. The number of halogens is 2. The zero-order valence-electron chi connectivity index (χ0n) is 8.50. The molecule has 1 aromatic rings. The van der Waals surface area contributed by atoms with Crippen LogP contribution < -0.4 is 4.90 Å². The van der Waals surface area contributed by atoms with Crippen molar-refractivity contribution in [1.29, 1.82) is 5.26 Å². The van der Waals surface area contributed by atoms with E-state index in [-0.39, 0.29) is 0 Å². The molecule has 0 heterocycles. The molecule has 0 amide bonds. The summed E-state index contributed by atoms with van der Waals surface area (Å²) in [7, 11) is 1.93. The molecule has 4 heteroatoms. The van der Waals surface area contributed by atoms with Gasteiger partial charge in [0.05, 0.1) is 12.5 Å². The minimum absolute atomic E-state index is 0.418. The normalized spacial score (nSPS) is 9.73. The molecule has 2 nitrogen and oxygen atoms in total. The van der Waals surface area contributed by atoms with E-state index in [0.29, 0.717) is 23.9 Å². The minimum Gasteiger partial charge on any atom is -0.374 e. The zero-order chi connectivity index (χ0) is 11.3. The lowest BCUT2D eigenvalue weighted by Crippen LogP contribution is -2.17. The molecule has 0 atom stereocenters. The fourth-order valence-corrected chi connectivity index (χ4v) is 1.77. The minimum atomic E-state index is 0.418. The molecule has 0 aliphatic rings. The lowest BCUT2D eigenvalue weighted by molar-refractivity contribution is 0.905. The quantitative estimate of drug-likeness (QED) is 0.757. The number of rotatable bonds is 4. The highest BCUT2D eigenvalue weighted by atomic mass is 35.5. The Labute approximate surface area is 100 Å². The predicted octanol–water partition coefficient (Wildman–Crippen LogP) is 3.43. The van der Waals surface area contributed by atoms with Gasteiger partial charge < -0.3 is 4.90 Å². The summed E-state index contributed by atoms with van der Waals surface area (Å²) in [5.41, 5.74) is 1.93. The summed E-state index contributed by atoms with van der Waals surface area (Å²) >= 11 is 11.7. The van der Waals surface area contributed by atoms with E-state index in [4.69, 9.17) is 28.5 Å². The van der Waals surface area contributed by atoms with Crippen LogP contribution in [0.15, 0.2) is 18.2 Å². The molecule has 0 saturated heterocycles. The van der Waals surface area contributed by atoms with Crippen LogP contribution in [0.2, 0.25) is 5.02 Å². The molecule has 80 valence electrons. The van der Waals surface area contributed by atoms with Gasteiger partial charge in [0.25, 0.3) is 0 Å². The average molecular weight is 243 g/mol. The molecular weight excluding hydrogens is 231 g/mol. The van der Waals surface area contributed by atoms with Crippen molar-refractivity contribution in [2.45, 2.75) is 12.3 Å². The molecule has 1 rings (SSSR count). The molecule has 0 N–H and O–H groups in total. The zero-order valence-corrected chi connectivity index (χ0v) is 10.0. The number of hydrogen-bond donors (Lipinski definition) is 0. The van der Waals surface area contributed by atoms with E-state index in [1.165, 1.54) is 0 Å². The topological polar surface area (TPSA) is 27.0 Å². The van der Waals surface area contributed by atoms with E-state index in [2.05, 4.69) is 6.07 Å². The van der Waals surface area contributed by atoms with E-state index in [0.717, 1.165) is 11.3 Å². The van der Waals surface area contributed by atoms with Crippen molar-refractivity contribution in [3.05, 3.63) is 28.8 Å². The number of benzene rings is 1. The second kappa shape index (κ2) is 5.85. The van der Waals surface area contributed by atoms with Crippen LogP contribution in [0.1, 0.15) is 12.0 Å². The predicted molar refractivity (Wildman–Crippen MR) is 64.5 cm³/mol. The van der Waals surface area contributed by atoms with Crippen LogP contribution in [-0.2, 0) is 5.88 Å². The second-order valence-electron chi connectivity index (χ2n) is 3.24. The molecule has 0 spiro atoms. The molecule has 0 bridgehead atoms. The highest BCUT2D eigenvalue weighted by molar-refractivity contribution is 6.32. The third-order valence-corrected chi connectivity index (χ3v) is 2.82. The average Bonchev–Trinajstić information content (AvgIpc) is 2.25. The van der Waals surface area contributed by atoms with Gasteiger partial charge in [-0.3, -0.25) is 0 Å². The monoisotopic (exact) mass is 242 g/mol. The Morgan fingerprint density at radius 1 is 1.47 bits per heavy atom. The fraction of sp³-hybridized carbons (Fsp3) is 0.364. The molecule has 0 aliphatic heterocycles. The SMILES string of the molecule is CN(CCC#N)c1ccc(CCl)c(Cl)c1. The van der Waals surface area contributed by atoms with Gasteiger partial charge in [-0.25, -0.2) is 0 Å². The maximum atomic E-state index is 8.48. The summed E-state index contributed by atoms with van der Waals surface area (Å²) < 4.78 is 0. The van der Waals surface area contributed by atoms with Gasteiger partial charge in [-0.1, -0.05) is 17.7 Å². The molecule has 0 fully saturated rings. The summed E-state index contributed by atoms with van der Waals surface area (Å²) in [5, 5.41) is 9.15. The van der Waals surface area contributed by atoms with E-state index < -0.39 is 0 Å². The van der Waals surface area contributed by atoms with Crippen LogP contribution >= 0.6 is 23.2 Å². The molecule has 0 radical (unpaired) electrons. The van der Waals surface area contributed by atoms with Crippen molar-refractivity contribution in [2.75, 3.05) is 18.5 Å². The third-order valence-electron chi connectivity index (χ3n) is 2.18.